The highest BCUT2D eigenvalue weighted by Gasteiger charge is 2.05. The molecule has 0 bridgehead atoms. The summed E-state index contributed by atoms with van der Waals surface area (Å²) in [7, 11) is 1.47. The zero-order chi connectivity index (χ0) is 8.27. The van der Waals surface area contributed by atoms with Crippen molar-refractivity contribution in [3.05, 3.63) is 17.0 Å². The second kappa shape index (κ2) is 3.22. The van der Waals surface area contributed by atoms with Crippen LogP contribution in [0.4, 0.5) is 0 Å². The highest BCUT2D eigenvalue weighted by atomic mass is 35.5. The quantitative estimate of drug-likeness (QED) is 0.466. The first-order chi connectivity index (χ1) is 5.29. The average molecular weight is 169 g/mol. The predicted octanol–water partition coefficient (Wildman–Crippen LogP) is 1.12. The van der Waals surface area contributed by atoms with Crippen LogP contribution in [0.1, 0.15) is 5.56 Å². The maximum atomic E-state index is 5.63. The topological polar surface area (TPSA) is 35.0 Å². The molecule has 3 nitrogen and oxygen atoms in total. The molecule has 0 amide bonds. The number of halogens is 1. The fourth-order valence-corrected chi connectivity index (χ4v) is 0.804. The summed E-state index contributed by atoms with van der Waals surface area (Å²) in [4.78, 5) is 7.46. The van der Waals surface area contributed by atoms with Crippen molar-refractivity contribution in [1.82, 2.24) is 9.97 Å². The van der Waals surface area contributed by atoms with Crippen LogP contribution in [-0.2, 0) is 0 Å². The lowest BCUT2D eigenvalue weighted by atomic mass is 10.3. The molecule has 0 saturated carbocycles. The maximum absolute atomic E-state index is 5.63. The monoisotopic (exact) mass is 168 g/mol. The van der Waals surface area contributed by atoms with E-state index in [-0.39, 0.29) is 5.15 Å². The Morgan fingerprint density at radius 2 is 2.36 bits per heavy atom. The third-order valence-electron chi connectivity index (χ3n) is 1.10. The molecule has 0 fully saturated rings. The molecule has 0 unspecified atom stereocenters. The third kappa shape index (κ3) is 1.41. The van der Waals surface area contributed by atoms with Crippen LogP contribution >= 0.6 is 11.6 Å². The zero-order valence-electron chi connectivity index (χ0n) is 5.84. The van der Waals surface area contributed by atoms with E-state index in [9.17, 15) is 0 Å². The van der Waals surface area contributed by atoms with Crippen molar-refractivity contribution in [2.45, 2.75) is 0 Å². The Balaban J connectivity index is 3.27. The Morgan fingerprint density at radius 3 is 2.82 bits per heavy atom. The van der Waals surface area contributed by atoms with Gasteiger partial charge in [-0.3, -0.25) is 0 Å². The van der Waals surface area contributed by atoms with E-state index in [4.69, 9.17) is 22.8 Å². The van der Waals surface area contributed by atoms with Gasteiger partial charge >= 0.3 is 0 Å². The maximum Gasteiger partial charge on any atom is 0.233 e. The van der Waals surface area contributed by atoms with Crippen LogP contribution in [0, 0.1) is 12.3 Å². The van der Waals surface area contributed by atoms with Crippen LogP contribution < -0.4 is 4.74 Å². The largest absolute Gasteiger partial charge is 0.480 e. The van der Waals surface area contributed by atoms with E-state index in [2.05, 4.69) is 15.9 Å². The molecule has 1 aromatic rings. The molecule has 0 aliphatic carbocycles. The van der Waals surface area contributed by atoms with Crippen molar-refractivity contribution in [1.29, 1.82) is 0 Å². The number of methoxy groups -OCH3 is 1. The average Bonchev–Trinajstić information content (AvgIpc) is 2.04. The summed E-state index contributed by atoms with van der Waals surface area (Å²) >= 11 is 5.63. The van der Waals surface area contributed by atoms with Gasteiger partial charge in [0.2, 0.25) is 5.88 Å². The fraction of sp³-hybridized carbons (Fsp3) is 0.143. The first-order valence-corrected chi connectivity index (χ1v) is 3.18. The van der Waals surface area contributed by atoms with Crippen LogP contribution in [0.15, 0.2) is 6.33 Å². The van der Waals surface area contributed by atoms with Gasteiger partial charge in [-0.2, -0.15) is 0 Å². The lowest BCUT2D eigenvalue weighted by molar-refractivity contribution is 0.395. The Labute approximate surface area is 69.4 Å². The fourth-order valence-electron chi connectivity index (χ4n) is 0.625. The summed E-state index contributed by atoms with van der Waals surface area (Å²) in [6.45, 7) is 0. The highest BCUT2D eigenvalue weighted by molar-refractivity contribution is 6.30. The molecule has 0 aliphatic rings. The summed E-state index contributed by atoms with van der Waals surface area (Å²) in [6.07, 6.45) is 6.43. The molecule has 0 spiro atoms. The SMILES string of the molecule is C#Cc1c(Cl)ncnc1OC. The summed E-state index contributed by atoms with van der Waals surface area (Å²) in [5, 5.41) is 0.236. The smallest absolute Gasteiger partial charge is 0.233 e. The van der Waals surface area contributed by atoms with Crippen molar-refractivity contribution in [3.63, 3.8) is 0 Å². The molecular formula is C7H5ClN2O. The Hall–Kier alpha value is -1.27. The van der Waals surface area contributed by atoms with Gasteiger partial charge in [-0.1, -0.05) is 17.5 Å². The van der Waals surface area contributed by atoms with Crippen molar-refractivity contribution < 1.29 is 4.74 Å². The number of ether oxygens (including phenoxy) is 1. The van der Waals surface area contributed by atoms with E-state index in [0.29, 0.717) is 11.4 Å². The lowest BCUT2D eigenvalue weighted by Crippen LogP contribution is -1.93. The van der Waals surface area contributed by atoms with E-state index in [0.717, 1.165) is 0 Å². The van der Waals surface area contributed by atoms with E-state index in [1.165, 1.54) is 13.4 Å². The first-order valence-electron chi connectivity index (χ1n) is 2.80. The third-order valence-corrected chi connectivity index (χ3v) is 1.39. The van der Waals surface area contributed by atoms with E-state index >= 15 is 0 Å². The van der Waals surface area contributed by atoms with Gasteiger partial charge in [0.05, 0.1) is 7.11 Å². The van der Waals surface area contributed by atoms with Crippen molar-refractivity contribution >= 4 is 11.6 Å². The Morgan fingerprint density at radius 1 is 1.64 bits per heavy atom. The minimum atomic E-state index is 0.236. The van der Waals surface area contributed by atoms with E-state index < -0.39 is 0 Å². The Kier molecular flexibility index (Phi) is 2.29. The molecule has 1 heterocycles. The van der Waals surface area contributed by atoms with Gasteiger partial charge in [-0.05, 0) is 0 Å². The van der Waals surface area contributed by atoms with Gasteiger partial charge in [0, 0.05) is 0 Å². The van der Waals surface area contributed by atoms with Crippen LogP contribution in [0.2, 0.25) is 5.15 Å². The molecule has 0 radical (unpaired) electrons. The van der Waals surface area contributed by atoms with Crippen molar-refractivity contribution in [2.24, 2.45) is 0 Å². The normalized spacial score (nSPS) is 8.82. The molecule has 0 N–H and O–H groups in total. The van der Waals surface area contributed by atoms with E-state index in [1.807, 2.05) is 0 Å². The predicted molar refractivity (Wildman–Crippen MR) is 41.5 cm³/mol. The van der Waals surface area contributed by atoms with Crippen LogP contribution in [-0.4, -0.2) is 17.1 Å². The number of aromatic nitrogens is 2. The first kappa shape index (κ1) is 7.83. The zero-order valence-corrected chi connectivity index (χ0v) is 6.59. The minimum Gasteiger partial charge on any atom is -0.480 e. The summed E-state index contributed by atoms with van der Waals surface area (Å²) in [5.41, 5.74) is 0.386. The number of hydrogen-bond donors (Lipinski definition) is 0. The number of nitrogens with zero attached hydrogens (tertiary/aromatic N) is 2. The molecule has 0 aromatic carbocycles. The van der Waals surface area contributed by atoms with Crippen LogP contribution in [0.3, 0.4) is 0 Å². The van der Waals surface area contributed by atoms with Crippen LogP contribution in [0.5, 0.6) is 5.88 Å². The Bertz CT molecular complexity index is 306. The standard InChI is InChI=1S/C7H5ClN2O/c1-3-5-6(8)9-4-10-7(5)11-2/h1,4H,2H3. The number of hydrogen-bond acceptors (Lipinski definition) is 3. The van der Waals surface area contributed by atoms with Crippen LogP contribution in [0.25, 0.3) is 0 Å². The summed E-state index contributed by atoms with van der Waals surface area (Å²) in [6, 6.07) is 0. The van der Waals surface area contributed by atoms with Gasteiger partial charge in [0.15, 0.2) is 5.15 Å². The second-order valence-corrected chi connectivity index (χ2v) is 2.05. The van der Waals surface area contributed by atoms with Crippen molar-refractivity contribution in [3.8, 4) is 18.2 Å². The summed E-state index contributed by atoms with van der Waals surface area (Å²) < 4.78 is 4.84. The molecule has 4 heteroatoms. The molecular weight excluding hydrogens is 164 g/mol. The molecule has 11 heavy (non-hydrogen) atoms. The van der Waals surface area contributed by atoms with Gasteiger partial charge in [0.25, 0.3) is 0 Å². The van der Waals surface area contributed by atoms with Gasteiger partial charge in [-0.15, -0.1) is 6.42 Å². The molecule has 1 rings (SSSR count). The molecule has 0 atom stereocenters. The minimum absolute atomic E-state index is 0.236. The molecule has 0 saturated heterocycles. The second-order valence-electron chi connectivity index (χ2n) is 1.69. The highest BCUT2D eigenvalue weighted by Crippen LogP contribution is 2.19. The summed E-state index contributed by atoms with van der Waals surface area (Å²) in [5.74, 6) is 2.66. The van der Waals surface area contributed by atoms with Crippen molar-refractivity contribution in [2.75, 3.05) is 7.11 Å². The van der Waals surface area contributed by atoms with Gasteiger partial charge < -0.3 is 4.74 Å². The number of terminal acetylenes is 1. The van der Waals surface area contributed by atoms with Gasteiger partial charge in [-0.25, -0.2) is 9.97 Å². The van der Waals surface area contributed by atoms with Gasteiger partial charge in [0.1, 0.15) is 11.9 Å². The lowest BCUT2D eigenvalue weighted by Gasteiger charge is -2.00. The molecule has 56 valence electrons. The molecule has 0 aliphatic heterocycles. The number of rotatable bonds is 1. The van der Waals surface area contributed by atoms with E-state index in [1.54, 1.807) is 0 Å². The molecule has 1 aromatic heterocycles.